The molecule has 0 radical (unpaired) electrons. The molecular formula is C13H8BrCl3N2O. The molecule has 0 spiro atoms. The first-order valence-corrected chi connectivity index (χ1v) is 7.40. The van der Waals surface area contributed by atoms with Gasteiger partial charge in [-0.25, -0.2) is 4.98 Å². The van der Waals surface area contributed by atoms with Gasteiger partial charge in [0, 0.05) is 4.47 Å². The predicted octanol–water partition coefficient (Wildman–Crippen LogP) is 5.37. The molecule has 0 bridgehead atoms. The monoisotopic (exact) mass is 392 g/mol. The van der Waals surface area contributed by atoms with E-state index in [1.165, 1.54) is 0 Å². The van der Waals surface area contributed by atoms with Gasteiger partial charge < -0.3 is 5.32 Å². The van der Waals surface area contributed by atoms with Crippen LogP contribution in [0.4, 0.5) is 5.69 Å². The van der Waals surface area contributed by atoms with Crippen LogP contribution in [0.15, 0.2) is 28.7 Å². The lowest BCUT2D eigenvalue weighted by Crippen LogP contribution is -2.14. The van der Waals surface area contributed by atoms with E-state index in [1.54, 1.807) is 31.2 Å². The maximum Gasteiger partial charge on any atom is 0.257 e. The summed E-state index contributed by atoms with van der Waals surface area (Å²) in [5.74, 6) is -0.364. The van der Waals surface area contributed by atoms with Crippen molar-refractivity contribution in [3.8, 4) is 0 Å². The highest BCUT2D eigenvalue weighted by molar-refractivity contribution is 9.10. The van der Waals surface area contributed by atoms with Crippen LogP contribution in [0.25, 0.3) is 0 Å². The molecule has 0 aliphatic heterocycles. The summed E-state index contributed by atoms with van der Waals surface area (Å²) < 4.78 is 0.793. The number of rotatable bonds is 2. The Balaban J connectivity index is 2.33. The Kier molecular flexibility index (Phi) is 4.91. The average Bonchev–Trinajstić information content (AvgIpc) is 2.33. The summed E-state index contributed by atoms with van der Waals surface area (Å²) in [4.78, 5) is 16.1. The molecule has 3 nitrogen and oxygen atoms in total. The number of aromatic nitrogens is 1. The Morgan fingerprint density at radius 3 is 2.55 bits per heavy atom. The zero-order valence-electron chi connectivity index (χ0n) is 10.2. The highest BCUT2D eigenvalue weighted by Gasteiger charge is 2.15. The van der Waals surface area contributed by atoms with E-state index in [0.717, 1.165) is 10.0 Å². The Bertz CT molecular complexity index is 668. The lowest BCUT2D eigenvalue weighted by atomic mass is 10.2. The third-order valence-corrected chi connectivity index (χ3v) is 3.83. The van der Waals surface area contributed by atoms with Crippen molar-refractivity contribution in [2.24, 2.45) is 0 Å². The molecule has 0 fully saturated rings. The highest BCUT2D eigenvalue weighted by atomic mass is 79.9. The van der Waals surface area contributed by atoms with E-state index in [0.29, 0.717) is 16.3 Å². The first kappa shape index (κ1) is 15.6. The Morgan fingerprint density at radius 2 is 1.95 bits per heavy atom. The van der Waals surface area contributed by atoms with Crippen molar-refractivity contribution >= 4 is 62.3 Å². The number of nitrogens with one attached hydrogen (secondary N) is 1. The number of hydrogen-bond acceptors (Lipinski definition) is 2. The van der Waals surface area contributed by atoms with E-state index in [2.05, 4.69) is 26.2 Å². The number of benzene rings is 1. The van der Waals surface area contributed by atoms with Crippen molar-refractivity contribution in [2.75, 3.05) is 5.32 Å². The molecule has 1 aromatic carbocycles. The number of anilines is 1. The quantitative estimate of drug-likeness (QED) is 0.696. The summed E-state index contributed by atoms with van der Waals surface area (Å²) in [6, 6.07) is 6.61. The van der Waals surface area contributed by atoms with Crippen LogP contribution >= 0.6 is 50.7 Å². The molecule has 0 saturated heterocycles. The minimum Gasteiger partial charge on any atom is -0.319 e. The van der Waals surface area contributed by atoms with E-state index in [1.807, 2.05) is 0 Å². The van der Waals surface area contributed by atoms with Crippen LogP contribution in [-0.2, 0) is 0 Å². The molecule has 1 aromatic heterocycles. The van der Waals surface area contributed by atoms with Crippen LogP contribution in [0.5, 0.6) is 0 Å². The second-order valence-corrected chi connectivity index (χ2v) is 6.07. The molecule has 1 heterocycles. The van der Waals surface area contributed by atoms with Crippen molar-refractivity contribution in [3.63, 3.8) is 0 Å². The van der Waals surface area contributed by atoms with Crippen LogP contribution < -0.4 is 5.32 Å². The number of aryl methyl sites for hydroxylation is 1. The fourth-order valence-electron chi connectivity index (χ4n) is 1.60. The van der Waals surface area contributed by atoms with Gasteiger partial charge in [0.2, 0.25) is 0 Å². The molecule has 2 rings (SSSR count). The van der Waals surface area contributed by atoms with Gasteiger partial charge in [-0.3, -0.25) is 4.79 Å². The van der Waals surface area contributed by atoms with Gasteiger partial charge in [0.05, 0.1) is 16.3 Å². The average molecular weight is 394 g/mol. The second-order valence-electron chi connectivity index (χ2n) is 4.01. The van der Waals surface area contributed by atoms with Crippen LogP contribution in [0.3, 0.4) is 0 Å². The molecule has 1 amide bonds. The van der Waals surface area contributed by atoms with Gasteiger partial charge in [0.1, 0.15) is 5.15 Å². The van der Waals surface area contributed by atoms with Gasteiger partial charge in [-0.15, -0.1) is 0 Å². The third kappa shape index (κ3) is 3.44. The van der Waals surface area contributed by atoms with Gasteiger partial charge in [0.15, 0.2) is 5.15 Å². The molecule has 0 saturated carbocycles. The molecule has 20 heavy (non-hydrogen) atoms. The zero-order valence-corrected chi connectivity index (χ0v) is 14.0. The van der Waals surface area contributed by atoms with E-state index in [-0.39, 0.29) is 16.2 Å². The summed E-state index contributed by atoms with van der Waals surface area (Å²) >= 11 is 21.1. The number of pyridine rings is 1. The number of hydrogen-bond donors (Lipinski definition) is 1. The van der Waals surface area contributed by atoms with Gasteiger partial charge in [-0.1, -0.05) is 50.7 Å². The maximum atomic E-state index is 12.2. The van der Waals surface area contributed by atoms with E-state index in [9.17, 15) is 4.79 Å². The predicted molar refractivity (Wildman–Crippen MR) is 86.1 cm³/mol. The standard InChI is InChI=1S/C13H8BrCl3N2O/c1-6-4-10(16)18-12(17)11(6)19-13(20)8-3-2-7(14)5-9(8)15/h2-5H,1H3,(H,19,20). The molecule has 1 N–H and O–H groups in total. The number of carbonyl (C=O) groups excluding carboxylic acids is 1. The van der Waals surface area contributed by atoms with Crippen LogP contribution in [0.2, 0.25) is 15.3 Å². The van der Waals surface area contributed by atoms with Crippen LogP contribution in [0.1, 0.15) is 15.9 Å². The lowest BCUT2D eigenvalue weighted by molar-refractivity contribution is 0.102. The van der Waals surface area contributed by atoms with Crippen LogP contribution in [-0.4, -0.2) is 10.9 Å². The smallest absolute Gasteiger partial charge is 0.257 e. The molecule has 0 aliphatic carbocycles. The number of nitrogens with zero attached hydrogens (tertiary/aromatic N) is 1. The highest BCUT2D eigenvalue weighted by Crippen LogP contribution is 2.28. The summed E-state index contributed by atoms with van der Waals surface area (Å²) in [6.45, 7) is 1.78. The third-order valence-electron chi connectivity index (χ3n) is 2.56. The topological polar surface area (TPSA) is 42.0 Å². The number of carbonyl (C=O) groups is 1. The molecule has 0 unspecified atom stereocenters. The minimum absolute atomic E-state index is 0.136. The number of amides is 1. The first-order valence-electron chi connectivity index (χ1n) is 5.47. The Labute approximate surface area is 139 Å². The summed E-state index contributed by atoms with van der Waals surface area (Å²) in [7, 11) is 0. The molecular weight excluding hydrogens is 386 g/mol. The second kappa shape index (κ2) is 6.31. The van der Waals surface area contributed by atoms with Crippen molar-refractivity contribution in [3.05, 3.63) is 55.2 Å². The molecule has 2 aromatic rings. The van der Waals surface area contributed by atoms with Gasteiger partial charge >= 0.3 is 0 Å². The van der Waals surface area contributed by atoms with Crippen molar-refractivity contribution in [1.29, 1.82) is 0 Å². The molecule has 7 heteroatoms. The number of halogens is 4. The van der Waals surface area contributed by atoms with E-state index in [4.69, 9.17) is 34.8 Å². The van der Waals surface area contributed by atoms with Crippen molar-refractivity contribution in [1.82, 2.24) is 4.98 Å². The van der Waals surface area contributed by atoms with Gasteiger partial charge in [0.25, 0.3) is 5.91 Å². The summed E-state index contributed by atoms with van der Waals surface area (Å²) in [5.41, 5.74) is 1.48. The lowest BCUT2D eigenvalue weighted by Gasteiger charge is -2.11. The van der Waals surface area contributed by atoms with Gasteiger partial charge in [-0.05, 0) is 36.8 Å². The largest absolute Gasteiger partial charge is 0.319 e. The normalized spacial score (nSPS) is 10.4. The van der Waals surface area contributed by atoms with Crippen molar-refractivity contribution < 1.29 is 4.79 Å². The maximum absolute atomic E-state index is 12.2. The van der Waals surface area contributed by atoms with E-state index < -0.39 is 0 Å². The fourth-order valence-corrected chi connectivity index (χ4v) is 2.94. The molecule has 0 aliphatic rings. The molecule has 104 valence electrons. The summed E-state index contributed by atoms with van der Waals surface area (Å²) in [5, 5.41) is 3.44. The molecule has 0 atom stereocenters. The SMILES string of the molecule is Cc1cc(Cl)nc(Cl)c1NC(=O)c1ccc(Br)cc1Cl. The van der Waals surface area contributed by atoms with Crippen molar-refractivity contribution in [2.45, 2.75) is 6.92 Å². The zero-order chi connectivity index (χ0) is 14.9. The fraction of sp³-hybridized carbons (Fsp3) is 0.0769. The first-order chi connectivity index (χ1) is 9.38. The minimum atomic E-state index is -0.364. The van der Waals surface area contributed by atoms with E-state index >= 15 is 0 Å². The summed E-state index contributed by atoms with van der Waals surface area (Å²) in [6.07, 6.45) is 0. The Hall–Kier alpha value is -0.810. The van der Waals surface area contributed by atoms with Crippen LogP contribution in [0, 0.1) is 6.92 Å². The van der Waals surface area contributed by atoms with Gasteiger partial charge in [-0.2, -0.15) is 0 Å². The Morgan fingerprint density at radius 1 is 1.25 bits per heavy atom.